The van der Waals surface area contributed by atoms with Gasteiger partial charge in [-0.2, -0.15) is 0 Å². The largest absolute Gasteiger partial charge is 0.374 e. The molecule has 2 fully saturated rings. The van der Waals surface area contributed by atoms with E-state index < -0.39 is 0 Å². The van der Waals surface area contributed by atoms with Crippen molar-refractivity contribution in [3.8, 4) is 0 Å². The molecule has 0 bridgehead atoms. The van der Waals surface area contributed by atoms with Crippen molar-refractivity contribution in [3.63, 3.8) is 0 Å². The smallest absolute Gasteiger partial charge is 0.193 e. The minimum atomic E-state index is 0. The summed E-state index contributed by atoms with van der Waals surface area (Å²) in [5.41, 5.74) is 1.22. The monoisotopic (exact) mass is 444 g/mol. The Morgan fingerprint density at radius 3 is 2.71 bits per heavy atom. The van der Waals surface area contributed by atoms with Crippen molar-refractivity contribution < 1.29 is 4.74 Å². The number of ether oxygens (including phenoxy) is 1. The van der Waals surface area contributed by atoms with Gasteiger partial charge in [-0.25, -0.2) is 4.99 Å². The third kappa shape index (κ3) is 5.89. The van der Waals surface area contributed by atoms with Gasteiger partial charge in [-0.1, -0.05) is 30.3 Å². The van der Waals surface area contributed by atoms with E-state index in [1.807, 2.05) is 25.1 Å². The molecule has 3 rings (SSSR count). The quantitative estimate of drug-likeness (QED) is 0.430. The van der Waals surface area contributed by atoms with Crippen LogP contribution in [0.2, 0.25) is 0 Å². The maximum atomic E-state index is 5.90. The summed E-state index contributed by atoms with van der Waals surface area (Å²) in [7, 11) is 4.05. The highest BCUT2D eigenvalue weighted by molar-refractivity contribution is 14.0. The minimum absolute atomic E-state index is 0. The fourth-order valence-electron chi connectivity index (χ4n) is 2.95. The summed E-state index contributed by atoms with van der Waals surface area (Å²) in [6.07, 6.45) is 2.98. The first-order valence-corrected chi connectivity index (χ1v) is 8.57. The summed E-state index contributed by atoms with van der Waals surface area (Å²) in [5, 5.41) is 3.46. The molecule has 1 aliphatic carbocycles. The van der Waals surface area contributed by atoms with Crippen LogP contribution >= 0.6 is 24.0 Å². The molecule has 1 N–H and O–H groups in total. The molecule has 1 atom stereocenters. The highest BCUT2D eigenvalue weighted by atomic mass is 127. The van der Waals surface area contributed by atoms with E-state index in [0.717, 1.165) is 38.2 Å². The van der Waals surface area contributed by atoms with Gasteiger partial charge in [-0.3, -0.25) is 4.90 Å². The highest BCUT2D eigenvalue weighted by Crippen LogP contribution is 2.28. The van der Waals surface area contributed by atoms with Crippen molar-refractivity contribution in [2.75, 3.05) is 40.3 Å². The fourth-order valence-corrected chi connectivity index (χ4v) is 2.95. The Morgan fingerprint density at radius 2 is 2.04 bits per heavy atom. The van der Waals surface area contributed by atoms with Crippen molar-refractivity contribution in [2.24, 2.45) is 4.99 Å². The molecule has 2 aliphatic rings. The number of rotatable bonds is 5. The van der Waals surface area contributed by atoms with Crippen LogP contribution in [-0.2, 0) is 11.3 Å². The molecule has 1 heterocycles. The average molecular weight is 444 g/mol. The SMILES string of the molecule is CN(C)C(=NCc1ccccc1)NCC1CN(C2CC2)CCO1.I. The molecule has 1 saturated carbocycles. The van der Waals surface area contributed by atoms with E-state index in [1.54, 1.807) is 0 Å². The lowest BCUT2D eigenvalue weighted by Crippen LogP contribution is -2.49. The molecule has 0 amide bonds. The summed E-state index contributed by atoms with van der Waals surface area (Å²) in [6.45, 7) is 4.48. The van der Waals surface area contributed by atoms with Crippen LogP contribution < -0.4 is 5.32 Å². The number of aliphatic imine (C=N–C) groups is 1. The maximum absolute atomic E-state index is 5.90. The van der Waals surface area contributed by atoms with E-state index in [9.17, 15) is 0 Å². The lowest BCUT2D eigenvalue weighted by Gasteiger charge is -2.33. The molecule has 1 unspecified atom stereocenters. The Bertz CT molecular complexity index is 519. The van der Waals surface area contributed by atoms with Gasteiger partial charge in [0.25, 0.3) is 0 Å². The van der Waals surface area contributed by atoms with Crippen molar-refractivity contribution in [3.05, 3.63) is 35.9 Å². The highest BCUT2D eigenvalue weighted by Gasteiger charge is 2.32. The first-order valence-electron chi connectivity index (χ1n) is 8.57. The van der Waals surface area contributed by atoms with Crippen LogP contribution in [0.15, 0.2) is 35.3 Å². The Balaban J connectivity index is 0.00000208. The summed E-state index contributed by atoms with van der Waals surface area (Å²) < 4.78 is 5.90. The van der Waals surface area contributed by atoms with Gasteiger partial charge in [-0.05, 0) is 18.4 Å². The van der Waals surface area contributed by atoms with E-state index in [-0.39, 0.29) is 30.1 Å². The van der Waals surface area contributed by atoms with Gasteiger partial charge in [0, 0.05) is 39.8 Å². The van der Waals surface area contributed by atoms with Crippen molar-refractivity contribution in [2.45, 2.75) is 31.5 Å². The molecule has 6 heteroatoms. The third-order valence-corrected chi connectivity index (χ3v) is 4.40. The van der Waals surface area contributed by atoms with E-state index in [2.05, 4.69) is 34.5 Å². The van der Waals surface area contributed by atoms with Crippen LogP contribution in [0.4, 0.5) is 0 Å². The van der Waals surface area contributed by atoms with Crippen molar-refractivity contribution >= 4 is 29.9 Å². The van der Waals surface area contributed by atoms with Crippen molar-refractivity contribution in [1.29, 1.82) is 0 Å². The topological polar surface area (TPSA) is 40.1 Å². The number of halogens is 1. The first-order chi connectivity index (χ1) is 11.2. The molecular weight excluding hydrogens is 415 g/mol. The molecular formula is C18H29IN4O. The van der Waals surface area contributed by atoms with Gasteiger partial charge in [0.15, 0.2) is 5.96 Å². The Morgan fingerprint density at radius 1 is 1.29 bits per heavy atom. The van der Waals surface area contributed by atoms with Crippen LogP contribution in [0.3, 0.4) is 0 Å². The predicted octanol–water partition coefficient (Wildman–Crippen LogP) is 2.18. The number of hydrogen-bond donors (Lipinski definition) is 1. The molecule has 1 aliphatic heterocycles. The van der Waals surface area contributed by atoms with Gasteiger partial charge in [0.05, 0.1) is 19.3 Å². The average Bonchev–Trinajstić information content (AvgIpc) is 3.41. The lowest BCUT2D eigenvalue weighted by molar-refractivity contribution is -0.0283. The minimum Gasteiger partial charge on any atom is -0.374 e. The molecule has 134 valence electrons. The third-order valence-electron chi connectivity index (χ3n) is 4.40. The van der Waals surface area contributed by atoms with E-state index >= 15 is 0 Å². The van der Waals surface area contributed by atoms with E-state index in [1.165, 1.54) is 18.4 Å². The Labute approximate surface area is 162 Å². The number of morpholine rings is 1. The Hall–Kier alpha value is -0.860. The number of hydrogen-bond acceptors (Lipinski definition) is 3. The molecule has 24 heavy (non-hydrogen) atoms. The van der Waals surface area contributed by atoms with Crippen LogP contribution in [0.25, 0.3) is 0 Å². The van der Waals surface area contributed by atoms with Crippen molar-refractivity contribution in [1.82, 2.24) is 15.1 Å². The fraction of sp³-hybridized carbons (Fsp3) is 0.611. The van der Waals surface area contributed by atoms with Crippen LogP contribution in [0.5, 0.6) is 0 Å². The van der Waals surface area contributed by atoms with Crippen LogP contribution in [0, 0.1) is 0 Å². The number of nitrogens with one attached hydrogen (secondary N) is 1. The summed E-state index contributed by atoms with van der Waals surface area (Å²) >= 11 is 0. The van der Waals surface area contributed by atoms with Gasteiger partial charge >= 0.3 is 0 Å². The second kappa shape index (κ2) is 9.58. The number of benzene rings is 1. The normalized spacial score (nSPS) is 21.9. The molecule has 1 aromatic carbocycles. The summed E-state index contributed by atoms with van der Waals surface area (Å²) in [4.78, 5) is 9.31. The zero-order chi connectivity index (χ0) is 16.1. The standard InChI is InChI=1S/C18H28N4O.HI/c1-21(2)18(19-12-15-6-4-3-5-7-15)20-13-17-14-22(10-11-23-17)16-8-9-16;/h3-7,16-17H,8-14H2,1-2H3,(H,19,20);1H. The Kier molecular flexibility index (Phi) is 7.77. The first kappa shape index (κ1) is 19.5. The summed E-state index contributed by atoms with van der Waals surface area (Å²) in [5.74, 6) is 0.918. The molecule has 5 nitrogen and oxygen atoms in total. The van der Waals surface area contributed by atoms with E-state index in [0.29, 0.717) is 6.54 Å². The number of nitrogens with zero attached hydrogens (tertiary/aromatic N) is 3. The molecule has 0 aromatic heterocycles. The second-order valence-electron chi connectivity index (χ2n) is 6.62. The number of guanidine groups is 1. The molecule has 0 spiro atoms. The zero-order valence-corrected chi connectivity index (χ0v) is 17.0. The maximum Gasteiger partial charge on any atom is 0.193 e. The van der Waals surface area contributed by atoms with Crippen LogP contribution in [-0.4, -0.2) is 68.2 Å². The second-order valence-corrected chi connectivity index (χ2v) is 6.62. The van der Waals surface area contributed by atoms with Gasteiger partial charge < -0.3 is 15.0 Å². The van der Waals surface area contributed by atoms with Gasteiger partial charge in [0.1, 0.15) is 0 Å². The van der Waals surface area contributed by atoms with Gasteiger partial charge in [0.2, 0.25) is 0 Å². The summed E-state index contributed by atoms with van der Waals surface area (Å²) in [6, 6.07) is 11.2. The van der Waals surface area contributed by atoms with E-state index in [4.69, 9.17) is 9.73 Å². The molecule has 1 saturated heterocycles. The molecule has 0 radical (unpaired) electrons. The lowest BCUT2D eigenvalue weighted by atomic mass is 10.2. The van der Waals surface area contributed by atoms with Crippen LogP contribution in [0.1, 0.15) is 18.4 Å². The predicted molar refractivity (Wildman–Crippen MR) is 109 cm³/mol. The molecule has 1 aromatic rings. The zero-order valence-electron chi connectivity index (χ0n) is 14.6. The van der Waals surface area contributed by atoms with Gasteiger partial charge in [-0.15, -0.1) is 24.0 Å².